The van der Waals surface area contributed by atoms with Gasteiger partial charge < -0.3 is 4.90 Å². The second-order valence-electron chi connectivity index (χ2n) is 7.47. The highest BCUT2D eigenvalue weighted by atomic mass is 16.2. The molecule has 0 spiro atoms. The van der Waals surface area contributed by atoms with Crippen LogP contribution >= 0.6 is 0 Å². The third kappa shape index (κ3) is 3.99. The molecule has 0 aliphatic heterocycles. The van der Waals surface area contributed by atoms with Crippen LogP contribution in [0.5, 0.6) is 0 Å². The number of rotatable bonds is 6. The Labute approximate surface area is 180 Å². The third-order valence-electron chi connectivity index (χ3n) is 5.39. The van der Waals surface area contributed by atoms with Gasteiger partial charge in [0.15, 0.2) is 5.65 Å². The van der Waals surface area contributed by atoms with Gasteiger partial charge in [-0.3, -0.25) is 14.2 Å². The number of carbonyl (C=O) groups is 1. The second-order valence-corrected chi connectivity index (χ2v) is 7.47. The molecular formula is C24H25N5O2. The van der Waals surface area contributed by atoms with Crippen LogP contribution in [0.3, 0.4) is 0 Å². The largest absolute Gasteiger partial charge is 0.313 e. The maximum atomic E-state index is 13.1. The van der Waals surface area contributed by atoms with E-state index in [0.29, 0.717) is 23.4 Å². The van der Waals surface area contributed by atoms with Crippen molar-refractivity contribution in [2.24, 2.45) is 0 Å². The lowest BCUT2D eigenvalue weighted by Crippen LogP contribution is -2.33. The van der Waals surface area contributed by atoms with Crippen molar-refractivity contribution in [1.29, 1.82) is 0 Å². The Morgan fingerprint density at radius 3 is 2.42 bits per heavy atom. The number of para-hydroxylation sites is 1. The highest BCUT2D eigenvalue weighted by Crippen LogP contribution is 2.17. The van der Waals surface area contributed by atoms with Crippen LogP contribution in [0.25, 0.3) is 16.7 Å². The lowest BCUT2D eigenvalue weighted by Gasteiger charge is -2.21. The molecule has 0 N–H and O–H groups in total. The van der Waals surface area contributed by atoms with Crippen molar-refractivity contribution < 1.29 is 4.79 Å². The van der Waals surface area contributed by atoms with Crippen LogP contribution in [-0.4, -0.2) is 31.8 Å². The normalized spacial score (nSPS) is 11.1. The molecule has 4 aromatic rings. The maximum absolute atomic E-state index is 13.1. The van der Waals surface area contributed by atoms with Crippen molar-refractivity contribution in [3.8, 4) is 5.69 Å². The molecule has 7 nitrogen and oxygen atoms in total. The van der Waals surface area contributed by atoms with Crippen molar-refractivity contribution in [1.82, 2.24) is 19.3 Å². The summed E-state index contributed by atoms with van der Waals surface area (Å²) in [5.41, 5.74) is 3.19. The van der Waals surface area contributed by atoms with E-state index in [1.165, 1.54) is 0 Å². The fourth-order valence-corrected chi connectivity index (χ4v) is 3.70. The summed E-state index contributed by atoms with van der Waals surface area (Å²) in [5.74, 6) is 0.525. The molecule has 7 heteroatoms. The Kier molecular flexibility index (Phi) is 5.66. The summed E-state index contributed by atoms with van der Waals surface area (Å²) in [6.45, 7) is 6.58. The summed E-state index contributed by atoms with van der Waals surface area (Å²) in [6.07, 6.45) is 1.76. The van der Waals surface area contributed by atoms with E-state index in [9.17, 15) is 9.59 Å². The SMILES string of the molecule is CCN(C(=O)CCn1c(C)nc2c(cnn2-c2ccc(C)cc2)c1=O)c1ccccc1. The minimum Gasteiger partial charge on any atom is -0.313 e. The van der Waals surface area contributed by atoms with Gasteiger partial charge in [-0.2, -0.15) is 5.10 Å². The molecule has 0 saturated heterocycles. The van der Waals surface area contributed by atoms with Crippen LogP contribution < -0.4 is 10.5 Å². The quantitative estimate of drug-likeness (QED) is 0.482. The molecule has 0 fully saturated rings. The number of benzene rings is 2. The van der Waals surface area contributed by atoms with Crippen molar-refractivity contribution >= 4 is 22.6 Å². The molecular weight excluding hydrogens is 390 g/mol. The van der Waals surface area contributed by atoms with Gasteiger partial charge in [0.2, 0.25) is 5.91 Å². The van der Waals surface area contributed by atoms with E-state index in [2.05, 4.69) is 10.1 Å². The maximum Gasteiger partial charge on any atom is 0.264 e. The molecule has 2 aromatic carbocycles. The van der Waals surface area contributed by atoms with E-state index in [4.69, 9.17) is 0 Å². The van der Waals surface area contributed by atoms with Crippen LogP contribution in [0, 0.1) is 13.8 Å². The summed E-state index contributed by atoms with van der Waals surface area (Å²) < 4.78 is 3.23. The average Bonchev–Trinajstić information content (AvgIpc) is 3.19. The predicted molar refractivity (Wildman–Crippen MR) is 122 cm³/mol. The monoisotopic (exact) mass is 415 g/mol. The minimum absolute atomic E-state index is 0.0320. The number of hydrogen-bond acceptors (Lipinski definition) is 4. The minimum atomic E-state index is -0.184. The van der Waals surface area contributed by atoms with Gasteiger partial charge in [0, 0.05) is 25.2 Å². The first kappa shape index (κ1) is 20.5. The molecule has 0 radical (unpaired) electrons. The molecule has 158 valence electrons. The molecule has 31 heavy (non-hydrogen) atoms. The fraction of sp³-hybridized carbons (Fsp3) is 0.250. The van der Waals surface area contributed by atoms with Gasteiger partial charge >= 0.3 is 0 Å². The number of aromatic nitrogens is 4. The molecule has 0 aliphatic carbocycles. The van der Waals surface area contributed by atoms with E-state index in [-0.39, 0.29) is 24.4 Å². The molecule has 4 rings (SSSR count). The Bertz CT molecular complexity index is 1270. The van der Waals surface area contributed by atoms with Gasteiger partial charge in [-0.05, 0) is 45.0 Å². The molecule has 1 amide bonds. The molecule has 2 heterocycles. The summed E-state index contributed by atoms with van der Waals surface area (Å²) in [5, 5.41) is 4.82. The molecule has 2 aromatic heterocycles. The van der Waals surface area contributed by atoms with Crippen molar-refractivity contribution in [2.75, 3.05) is 11.4 Å². The first-order chi connectivity index (χ1) is 15.0. The van der Waals surface area contributed by atoms with E-state index < -0.39 is 0 Å². The number of fused-ring (bicyclic) bond motifs is 1. The van der Waals surface area contributed by atoms with Crippen LogP contribution in [-0.2, 0) is 11.3 Å². The highest BCUT2D eigenvalue weighted by molar-refractivity contribution is 5.93. The average molecular weight is 415 g/mol. The number of nitrogens with zero attached hydrogens (tertiary/aromatic N) is 5. The second kappa shape index (κ2) is 8.55. The third-order valence-corrected chi connectivity index (χ3v) is 5.39. The lowest BCUT2D eigenvalue weighted by molar-refractivity contribution is -0.118. The number of aryl methyl sites for hydroxylation is 2. The summed E-state index contributed by atoms with van der Waals surface area (Å²) in [6, 6.07) is 17.4. The Morgan fingerprint density at radius 2 is 1.74 bits per heavy atom. The predicted octanol–water partition coefficient (Wildman–Crippen LogP) is 3.64. The number of carbonyl (C=O) groups excluding carboxylic acids is 1. The van der Waals surface area contributed by atoms with Crippen LogP contribution in [0.15, 0.2) is 65.6 Å². The summed E-state index contributed by atoms with van der Waals surface area (Å²) in [4.78, 5) is 32.3. The van der Waals surface area contributed by atoms with Gasteiger partial charge in [-0.25, -0.2) is 9.67 Å². The van der Waals surface area contributed by atoms with Crippen LogP contribution in [0.2, 0.25) is 0 Å². The fourth-order valence-electron chi connectivity index (χ4n) is 3.70. The van der Waals surface area contributed by atoms with Gasteiger partial charge in [-0.1, -0.05) is 35.9 Å². The Hall–Kier alpha value is -3.74. The summed E-state index contributed by atoms with van der Waals surface area (Å²) >= 11 is 0. The topological polar surface area (TPSA) is 73.0 Å². The first-order valence-corrected chi connectivity index (χ1v) is 10.4. The van der Waals surface area contributed by atoms with Gasteiger partial charge in [-0.15, -0.1) is 0 Å². The Morgan fingerprint density at radius 1 is 1.03 bits per heavy atom. The van der Waals surface area contributed by atoms with Crippen LogP contribution in [0.4, 0.5) is 5.69 Å². The van der Waals surface area contributed by atoms with E-state index in [0.717, 1.165) is 16.9 Å². The highest BCUT2D eigenvalue weighted by Gasteiger charge is 2.17. The van der Waals surface area contributed by atoms with Crippen molar-refractivity contribution in [3.05, 3.63) is 82.5 Å². The van der Waals surface area contributed by atoms with Gasteiger partial charge in [0.1, 0.15) is 11.2 Å². The standard InChI is InChI=1S/C24H25N5O2/c1-4-27(19-8-6-5-7-9-19)22(30)14-15-28-18(3)26-23-21(24(28)31)16-25-29(23)20-12-10-17(2)11-13-20/h5-13,16H,4,14-15H2,1-3H3. The van der Waals surface area contributed by atoms with Crippen molar-refractivity contribution in [3.63, 3.8) is 0 Å². The molecule has 0 aliphatic rings. The van der Waals surface area contributed by atoms with Gasteiger partial charge in [0.25, 0.3) is 5.56 Å². The molecule has 0 atom stereocenters. The smallest absolute Gasteiger partial charge is 0.264 e. The zero-order chi connectivity index (χ0) is 22.0. The van der Waals surface area contributed by atoms with E-state index in [1.54, 1.807) is 27.3 Å². The number of amides is 1. The van der Waals surface area contributed by atoms with E-state index >= 15 is 0 Å². The zero-order valence-electron chi connectivity index (χ0n) is 17.9. The van der Waals surface area contributed by atoms with Crippen molar-refractivity contribution in [2.45, 2.75) is 33.7 Å². The first-order valence-electron chi connectivity index (χ1n) is 10.4. The van der Waals surface area contributed by atoms with Gasteiger partial charge in [0.05, 0.1) is 11.9 Å². The zero-order valence-corrected chi connectivity index (χ0v) is 17.9. The molecule has 0 bridgehead atoms. The Balaban J connectivity index is 1.61. The summed E-state index contributed by atoms with van der Waals surface area (Å²) in [7, 11) is 0. The van der Waals surface area contributed by atoms with Crippen LogP contribution in [0.1, 0.15) is 24.7 Å². The number of hydrogen-bond donors (Lipinski definition) is 0. The number of anilines is 1. The van der Waals surface area contributed by atoms with E-state index in [1.807, 2.05) is 68.4 Å². The molecule has 0 unspecified atom stereocenters. The lowest BCUT2D eigenvalue weighted by atomic mass is 10.2. The molecule has 0 saturated carbocycles.